The SMILES string of the molecule is CC(=O)c1ccc(Br)c([N+](=O)[O-])c1C=O. The van der Waals surface area contributed by atoms with E-state index in [0.29, 0.717) is 6.29 Å². The summed E-state index contributed by atoms with van der Waals surface area (Å²) in [5.74, 6) is -0.382. The van der Waals surface area contributed by atoms with E-state index < -0.39 is 4.92 Å². The summed E-state index contributed by atoms with van der Waals surface area (Å²) < 4.78 is 0.180. The fraction of sp³-hybridized carbons (Fsp3) is 0.111. The molecule has 5 nitrogen and oxygen atoms in total. The molecule has 0 aromatic heterocycles. The van der Waals surface area contributed by atoms with Crippen molar-refractivity contribution in [2.45, 2.75) is 6.92 Å². The molecule has 0 bridgehead atoms. The molecule has 0 heterocycles. The maximum Gasteiger partial charge on any atom is 0.294 e. The van der Waals surface area contributed by atoms with Crippen molar-refractivity contribution < 1.29 is 14.5 Å². The summed E-state index contributed by atoms with van der Waals surface area (Å²) in [6, 6.07) is 2.75. The van der Waals surface area contributed by atoms with E-state index in [2.05, 4.69) is 15.9 Å². The molecule has 0 aliphatic carbocycles. The van der Waals surface area contributed by atoms with Crippen LogP contribution in [0.3, 0.4) is 0 Å². The van der Waals surface area contributed by atoms with E-state index >= 15 is 0 Å². The highest BCUT2D eigenvalue weighted by Crippen LogP contribution is 2.30. The number of nitro benzene ring substituents is 1. The molecule has 0 fully saturated rings. The van der Waals surface area contributed by atoms with Gasteiger partial charge in [0.05, 0.1) is 9.40 Å². The minimum absolute atomic E-state index is 0.0555. The lowest BCUT2D eigenvalue weighted by atomic mass is 10.0. The molecule has 15 heavy (non-hydrogen) atoms. The van der Waals surface area contributed by atoms with E-state index in [1.165, 1.54) is 19.1 Å². The first-order chi connectivity index (χ1) is 6.99. The van der Waals surface area contributed by atoms with E-state index in [9.17, 15) is 19.7 Å². The predicted molar refractivity (Wildman–Crippen MR) is 56.2 cm³/mol. The maximum atomic E-state index is 11.1. The zero-order valence-electron chi connectivity index (χ0n) is 7.69. The monoisotopic (exact) mass is 271 g/mol. The van der Waals surface area contributed by atoms with Crippen LogP contribution in [0.2, 0.25) is 0 Å². The van der Waals surface area contributed by atoms with Crippen molar-refractivity contribution >= 4 is 33.7 Å². The number of ketones is 1. The third-order valence-corrected chi connectivity index (χ3v) is 2.49. The number of carbonyl (C=O) groups excluding carboxylic acids is 2. The van der Waals surface area contributed by atoms with Gasteiger partial charge in [0.15, 0.2) is 12.1 Å². The van der Waals surface area contributed by atoms with Crippen LogP contribution in [-0.2, 0) is 0 Å². The highest BCUT2D eigenvalue weighted by atomic mass is 79.9. The number of nitro groups is 1. The van der Waals surface area contributed by atoms with Gasteiger partial charge in [0, 0.05) is 5.56 Å². The molecule has 6 heteroatoms. The van der Waals surface area contributed by atoms with Crippen LogP contribution in [0.4, 0.5) is 5.69 Å². The van der Waals surface area contributed by atoms with Gasteiger partial charge < -0.3 is 0 Å². The topological polar surface area (TPSA) is 77.3 Å². The molecule has 78 valence electrons. The highest BCUT2D eigenvalue weighted by molar-refractivity contribution is 9.10. The number of Topliss-reactive ketones (excluding diaryl/α,β-unsaturated/α-hetero) is 1. The second-order valence-corrected chi connectivity index (χ2v) is 3.64. The smallest absolute Gasteiger partial charge is 0.294 e. The van der Waals surface area contributed by atoms with Gasteiger partial charge in [0.2, 0.25) is 0 Å². The summed E-state index contributed by atoms with van der Waals surface area (Å²) in [7, 11) is 0. The normalized spacial score (nSPS) is 9.73. The number of hydrogen-bond acceptors (Lipinski definition) is 4. The van der Waals surface area contributed by atoms with Gasteiger partial charge in [-0.3, -0.25) is 19.7 Å². The van der Waals surface area contributed by atoms with E-state index in [0.717, 1.165) is 0 Å². The first kappa shape index (κ1) is 11.5. The van der Waals surface area contributed by atoms with Gasteiger partial charge in [-0.2, -0.15) is 0 Å². The Hall–Kier alpha value is -1.56. The molecule has 0 N–H and O–H groups in total. The maximum absolute atomic E-state index is 11.1. The van der Waals surface area contributed by atoms with Gasteiger partial charge in [-0.25, -0.2) is 0 Å². The van der Waals surface area contributed by atoms with Crippen LogP contribution in [0.25, 0.3) is 0 Å². The van der Waals surface area contributed by atoms with Crippen LogP contribution in [0, 0.1) is 10.1 Å². The summed E-state index contributed by atoms with van der Waals surface area (Å²) in [6.07, 6.45) is 0.319. The van der Waals surface area contributed by atoms with Gasteiger partial charge in [-0.15, -0.1) is 0 Å². The quantitative estimate of drug-likeness (QED) is 0.366. The average Bonchev–Trinajstić information content (AvgIpc) is 2.15. The third-order valence-electron chi connectivity index (χ3n) is 1.85. The molecule has 0 saturated heterocycles. The fourth-order valence-electron chi connectivity index (χ4n) is 1.19. The lowest BCUT2D eigenvalue weighted by molar-refractivity contribution is -0.385. The number of nitrogens with zero attached hydrogens (tertiary/aromatic N) is 1. The van der Waals surface area contributed by atoms with Gasteiger partial charge >= 0.3 is 0 Å². The molecule has 0 aliphatic heterocycles. The minimum atomic E-state index is -0.694. The third kappa shape index (κ3) is 2.10. The number of halogens is 1. The van der Waals surface area contributed by atoms with Crippen LogP contribution in [0.5, 0.6) is 0 Å². The zero-order chi connectivity index (χ0) is 11.6. The van der Waals surface area contributed by atoms with Gasteiger partial charge in [-0.1, -0.05) is 0 Å². The van der Waals surface area contributed by atoms with Crippen LogP contribution < -0.4 is 0 Å². The standard InChI is InChI=1S/C9H6BrNO4/c1-5(13)6-2-3-8(10)9(11(14)15)7(6)4-12/h2-4H,1H3. The largest absolute Gasteiger partial charge is 0.298 e. The van der Waals surface area contributed by atoms with E-state index in [1.54, 1.807) is 0 Å². The molecular formula is C9H6BrNO4. The van der Waals surface area contributed by atoms with Crippen LogP contribution in [-0.4, -0.2) is 17.0 Å². The summed E-state index contributed by atoms with van der Waals surface area (Å²) in [5.41, 5.74) is -0.514. The van der Waals surface area contributed by atoms with E-state index in [4.69, 9.17) is 0 Å². The van der Waals surface area contributed by atoms with E-state index in [-0.39, 0.29) is 27.1 Å². The number of hydrogen-bond donors (Lipinski definition) is 0. The molecule has 0 saturated carbocycles. The number of aldehydes is 1. The van der Waals surface area contributed by atoms with Crippen molar-refractivity contribution in [1.82, 2.24) is 0 Å². The first-order valence-electron chi connectivity index (χ1n) is 3.92. The molecule has 0 aliphatic rings. The van der Waals surface area contributed by atoms with Crippen molar-refractivity contribution in [2.75, 3.05) is 0 Å². The van der Waals surface area contributed by atoms with E-state index in [1.807, 2.05) is 0 Å². The second kappa shape index (κ2) is 4.31. The summed E-state index contributed by atoms with van der Waals surface area (Å²) in [5, 5.41) is 10.7. The Balaban J connectivity index is 3.61. The summed E-state index contributed by atoms with van der Waals surface area (Å²) >= 11 is 2.96. The minimum Gasteiger partial charge on any atom is -0.298 e. The molecule has 0 unspecified atom stereocenters. The Labute approximate surface area is 93.4 Å². The van der Waals surface area contributed by atoms with Crippen LogP contribution >= 0.6 is 15.9 Å². The highest BCUT2D eigenvalue weighted by Gasteiger charge is 2.22. The van der Waals surface area contributed by atoms with Crippen LogP contribution in [0.1, 0.15) is 27.6 Å². The molecule has 0 amide bonds. The van der Waals surface area contributed by atoms with Gasteiger partial charge in [0.25, 0.3) is 5.69 Å². The summed E-state index contributed by atoms with van der Waals surface area (Å²) in [6.45, 7) is 1.25. The Morgan fingerprint density at radius 3 is 2.53 bits per heavy atom. The lowest BCUT2D eigenvalue weighted by Crippen LogP contribution is -2.04. The summed E-state index contributed by atoms with van der Waals surface area (Å²) in [4.78, 5) is 31.8. The number of carbonyl (C=O) groups is 2. The lowest BCUT2D eigenvalue weighted by Gasteiger charge is -2.03. The van der Waals surface area contributed by atoms with Gasteiger partial charge in [0.1, 0.15) is 5.56 Å². The van der Waals surface area contributed by atoms with Gasteiger partial charge in [-0.05, 0) is 35.0 Å². The molecule has 0 spiro atoms. The molecule has 1 aromatic rings. The second-order valence-electron chi connectivity index (χ2n) is 2.79. The molecule has 0 atom stereocenters. The van der Waals surface area contributed by atoms with Crippen molar-refractivity contribution in [2.24, 2.45) is 0 Å². The molecule has 0 radical (unpaired) electrons. The van der Waals surface area contributed by atoms with Crippen LogP contribution in [0.15, 0.2) is 16.6 Å². The average molecular weight is 272 g/mol. The van der Waals surface area contributed by atoms with Crippen molar-refractivity contribution in [3.8, 4) is 0 Å². The first-order valence-corrected chi connectivity index (χ1v) is 4.71. The van der Waals surface area contributed by atoms with Crippen molar-refractivity contribution in [3.05, 3.63) is 37.8 Å². The predicted octanol–water partition coefficient (Wildman–Crippen LogP) is 2.37. The molecular weight excluding hydrogens is 266 g/mol. The molecule has 1 rings (SSSR count). The Bertz CT molecular complexity index is 456. The fourth-order valence-corrected chi connectivity index (χ4v) is 1.68. The Morgan fingerprint density at radius 1 is 1.53 bits per heavy atom. The number of rotatable bonds is 3. The Morgan fingerprint density at radius 2 is 2.13 bits per heavy atom. The zero-order valence-corrected chi connectivity index (χ0v) is 9.28. The number of benzene rings is 1. The van der Waals surface area contributed by atoms with Crippen molar-refractivity contribution in [1.29, 1.82) is 0 Å². The van der Waals surface area contributed by atoms with Crippen molar-refractivity contribution in [3.63, 3.8) is 0 Å². The Kier molecular flexibility index (Phi) is 3.31. The molecule has 1 aromatic carbocycles.